The number of halogens is 1. The first-order valence-electron chi connectivity index (χ1n) is 8.73. The molecule has 0 fully saturated rings. The molecule has 1 N–H and O–H groups in total. The normalized spacial score (nSPS) is 11.5. The second kappa shape index (κ2) is 10.9. The Bertz CT molecular complexity index is 988. The summed E-state index contributed by atoms with van der Waals surface area (Å²) in [5.74, 6) is 0.925. The predicted octanol–water partition coefficient (Wildman–Crippen LogP) is 5.53. The number of hydrazone groups is 1. The maximum atomic E-state index is 12.1. The first kappa shape index (κ1) is 22.0. The standard InChI is InChI=1S/C20H19BrN4OS3/c1-13-3-5-15(6-4-13)11-27-19-24-25-20(29-19)28-12-18(26)23-22-14(2)16-7-9-17(21)10-8-16/h3-10H,11-12H2,1-2H3,(H,23,26)/b22-14+. The molecule has 150 valence electrons. The molecule has 9 heteroatoms. The van der Waals surface area contributed by atoms with Gasteiger partial charge in [-0.05, 0) is 37.1 Å². The van der Waals surface area contributed by atoms with Gasteiger partial charge in [-0.3, -0.25) is 4.79 Å². The first-order valence-corrected chi connectivity index (χ1v) is 12.3. The number of hydrogen-bond acceptors (Lipinski definition) is 7. The second-order valence-corrected chi connectivity index (χ2v) is 10.5. The number of thioether (sulfide) groups is 2. The molecule has 3 aromatic rings. The van der Waals surface area contributed by atoms with Crippen molar-refractivity contribution >= 4 is 62.4 Å². The van der Waals surface area contributed by atoms with Crippen molar-refractivity contribution in [3.63, 3.8) is 0 Å². The van der Waals surface area contributed by atoms with Crippen molar-refractivity contribution < 1.29 is 4.79 Å². The van der Waals surface area contributed by atoms with E-state index < -0.39 is 0 Å². The lowest BCUT2D eigenvalue weighted by atomic mass is 10.1. The summed E-state index contributed by atoms with van der Waals surface area (Å²) >= 11 is 7.92. The zero-order chi connectivity index (χ0) is 20.6. The van der Waals surface area contributed by atoms with E-state index in [1.165, 1.54) is 34.2 Å². The molecule has 0 aliphatic carbocycles. The number of benzene rings is 2. The van der Waals surface area contributed by atoms with E-state index in [-0.39, 0.29) is 11.7 Å². The third-order valence-electron chi connectivity index (χ3n) is 3.81. The van der Waals surface area contributed by atoms with Crippen LogP contribution in [-0.4, -0.2) is 27.6 Å². The molecule has 0 aliphatic rings. The topological polar surface area (TPSA) is 67.2 Å². The Morgan fingerprint density at radius 3 is 2.41 bits per heavy atom. The first-order chi connectivity index (χ1) is 14.0. The molecular weight excluding hydrogens is 488 g/mol. The van der Waals surface area contributed by atoms with Crippen LogP contribution in [0.1, 0.15) is 23.6 Å². The van der Waals surface area contributed by atoms with Gasteiger partial charge in [-0.2, -0.15) is 5.10 Å². The molecule has 3 rings (SSSR count). The van der Waals surface area contributed by atoms with Crippen LogP contribution in [0.15, 0.2) is 66.8 Å². The third-order valence-corrected chi connectivity index (χ3v) is 7.60. The van der Waals surface area contributed by atoms with Crippen LogP contribution in [0.5, 0.6) is 0 Å². The number of carbonyl (C=O) groups excluding carboxylic acids is 1. The van der Waals surface area contributed by atoms with E-state index in [2.05, 4.69) is 67.8 Å². The fourth-order valence-corrected chi connectivity index (χ4v) is 5.24. The fraction of sp³-hybridized carbons (Fsp3) is 0.200. The molecule has 0 spiro atoms. The fourth-order valence-electron chi connectivity index (χ4n) is 2.20. The number of aromatic nitrogens is 2. The SMILES string of the molecule is C/C(=N\NC(=O)CSc1nnc(SCc2ccc(C)cc2)s1)c1ccc(Br)cc1. The summed E-state index contributed by atoms with van der Waals surface area (Å²) in [6.45, 7) is 3.94. The van der Waals surface area contributed by atoms with Gasteiger partial charge < -0.3 is 0 Å². The molecule has 29 heavy (non-hydrogen) atoms. The number of nitrogens with zero attached hydrogens (tertiary/aromatic N) is 3. The minimum absolute atomic E-state index is 0.171. The Balaban J connectivity index is 1.43. The van der Waals surface area contributed by atoms with Crippen LogP contribution in [0, 0.1) is 6.92 Å². The quantitative estimate of drug-likeness (QED) is 0.247. The molecular formula is C20H19BrN4OS3. The van der Waals surface area contributed by atoms with Crippen LogP contribution >= 0.6 is 50.8 Å². The van der Waals surface area contributed by atoms with Crippen LogP contribution in [0.4, 0.5) is 0 Å². The van der Waals surface area contributed by atoms with Crippen LogP contribution < -0.4 is 5.43 Å². The smallest absolute Gasteiger partial charge is 0.250 e. The van der Waals surface area contributed by atoms with Gasteiger partial charge in [0.05, 0.1) is 11.5 Å². The molecule has 0 atom stereocenters. The van der Waals surface area contributed by atoms with Gasteiger partial charge in [-0.1, -0.05) is 92.8 Å². The average Bonchev–Trinajstić information content (AvgIpc) is 3.18. The second-order valence-electron chi connectivity index (χ2n) is 6.14. The van der Waals surface area contributed by atoms with Gasteiger partial charge >= 0.3 is 0 Å². The van der Waals surface area contributed by atoms with Gasteiger partial charge in [-0.25, -0.2) is 5.43 Å². The van der Waals surface area contributed by atoms with Crippen LogP contribution in [0.25, 0.3) is 0 Å². The number of nitrogens with one attached hydrogen (secondary N) is 1. The maximum absolute atomic E-state index is 12.1. The molecule has 0 unspecified atom stereocenters. The lowest BCUT2D eigenvalue weighted by Gasteiger charge is -2.02. The highest BCUT2D eigenvalue weighted by Gasteiger charge is 2.09. The minimum atomic E-state index is -0.171. The van der Waals surface area contributed by atoms with Gasteiger partial charge in [-0.15, -0.1) is 10.2 Å². The lowest BCUT2D eigenvalue weighted by molar-refractivity contribution is -0.118. The molecule has 0 saturated heterocycles. The minimum Gasteiger partial charge on any atom is -0.272 e. The predicted molar refractivity (Wildman–Crippen MR) is 126 cm³/mol. The van der Waals surface area contributed by atoms with Crippen molar-refractivity contribution in [2.75, 3.05) is 5.75 Å². The summed E-state index contributed by atoms with van der Waals surface area (Å²) in [5.41, 5.74) is 6.81. The summed E-state index contributed by atoms with van der Waals surface area (Å²) in [7, 11) is 0. The lowest BCUT2D eigenvalue weighted by Crippen LogP contribution is -2.21. The Labute approximate surface area is 190 Å². The number of rotatable bonds is 8. The molecule has 0 aliphatic heterocycles. The number of carbonyl (C=O) groups is 1. The van der Waals surface area contributed by atoms with Gasteiger partial charge in [0.1, 0.15) is 0 Å². The van der Waals surface area contributed by atoms with Gasteiger partial charge in [0.15, 0.2) is 8.68 Å². The van der Waals surface area contributed by atoms with Crippen molar-refractivity contribution in [3.05, 3.63) is 69.7 Å². The summed E-state index contributed by atoms with van der Waals surface area (Å²) in [4.78, 5) is 12.1. The Morgan fingerprint density at radius 1 is 1.07 bits per heavy atom. The van der Waals surface area contributed by atoms with Crippen LogP contribution in [-0.2, 0) is 10.5 Å². The third kappa shape index (κ3) is 7.26. The van der Waals surface area contributed by atoms with Crippen molar-refractivity contribution in [3.8, 4) is 0 Å². The van der Waals surface area contributed by atoms with Crippen LogP contribution in [0.2, 0.25) is 0 Å². The Hall–Kier alpha value is -1.68. The number of amides is 1. The van der Waals surface area contributed by atoms with Crippen LogP contribution in [0.3, 0.4) is 0 Å². The average molecular weight is 508 g/mol. The van der Waals surface area contributed by atoms with E-state index >= 15 is 0 Å². The van der Waals surface area contributed by atoms with Gasteiger partial charge in [0, 0.05) is 10.2 Å². The number of hydrogen-bond donors (Lipinski definition) is 1. The van der Waals surface area contributed by atoms with E-state index in [1.807, 2.05) is 31.2 Å². The highest BCUT2D eigenvalue weighted by atomic mass is 79.9. The van der Waals surface area contributed by atoms with E-state index in [9.17, 15) is 4.79 Å². The summed E-state index contributed by atoms with van der Waals surface area (Å²) < 4.78 is 2.68. The highest BCUT2D eigenvalue weighted by Crippen LogP contribution is 2.30. The molecule has 0 radical (unpaired) electrons. The van der Waals surface area contributed by atoms with Crippen molar-refractivity contribution in [1.82, 2.24) is 15.6 Å². The molecule has 2 aromatic carbocycles. The number of aryl methyl sites for hydroxylation is 1. The molecule has 1 heterocycles. The van der Waals surface area contributed by atoms with E-state index in [0.717, 1.165) is 30.2 Å². The van der Waals surface area contributed by atoms with Gasteiger partial charge in [0.25, 0.3) is 5.91 Å². The Morgan fingerprint density at radius 2 is 1.72 bits per heavy atom. The van der Waals surface area contributed by atoms with Crippen molar-refractivity contribution in [1.29, 1.82) is 0 Å². The summed E-state index contributed by atoms with van der Waals surface area (Å²) in [5, 5.41) is 12.5. The highest BCUT2D eigenvalue weighted by molar-refractivity contribution is 9.10. The molecule has 1 aromatic heterocycles. The largest absolute Gasteiger partial charge is 0.272 e. The van der Waals surface area contributed by atoms with E-state index in [1.54, 1.807) is 11.8 Å². The maximum Gasteiger partial charge on any atom is 0.250 e. The molecule has 5 nitrogen and oxygen atoms in total. The van der Waals surface area contributed by atoms with Gasteiger partial charge in [0.2, 0.25) is 0 Å². The summed E-state index contributed by atoms with van der Waals surface area (Å²) in [6, 6.07) is 16.2. The van der Waals surface area contributed by atoms with E-state index in [4.69, 9.17) is 0 Å². The zero-order valence-electron chi connectivity index (χ0n) is 15.9. The van der Waals surface area contributed by atoms with Crippen molar-refractivity contribution in [2.45, 2.75) is 28.3 Å². The molecule has 1 amide bonds. The monoisotopic (exact) mass is 506 g/mol. The molecule has 0 saturated carbocycles. The Kier molecular flexibility index (Phi) is 8.29. The van der Waals surface area contributed by atoms with E-state index in [0.29, 0.717) is 0 Å². The molecule has 0 bridgehead atoms. The summed E-state index contributed by atoms with van der Waals surface area (Å²) in [6.07, 6.45) is 0. The zero-order valence-corrected chi connectivity index (χ0v) is 19.9. The van der Waals surface area contributed by atoms with Crippen molar-refractivity contribution in [2.24, 2.45) is 5.10 Å².